The van der Waals surface area contributed by atoms with Gasteiger partial charge in [0.25, 0.3) is 5.56 Å². The molecule has 35 heavy (non-hydrogen) atoms. The molecule has 180 valence electrons. The van der Waals surface area contributed by atoms with Crippen LogP contribution in [0, 0.1) is 6.92 Å². The highest BCUT2D eigenvalue weighted by Gasteiger charge is 2.14. The number of anilines is 1. The van der Waals surface area contributed by atoms with Crippen molar-refractivity contribution >= 4 is 33.1 Å². The molecular weight excluding hydrogens is 460 g/mol. The standard InChI is InChI=1S/C27H28N4O3S/c1-19-2-6-21(7-3-19)23-17-35-26-25(23)27(33)31(18-29-26)11-10-24(32)28-16-20-4-8-22(9-5-20)30-12-14-34-15-13-30/h2-9,17-18H,10-16H2,1H3,(H,28,32). The monoisotopic (exact) mass is 488 g/mol. The summed E-state index contributed by atoms with van der Waals surface area (Å²) in [6, 6.07) is 16.4. The van der Waals surface area contributed by atoms with E-state index < -0.39 is 0 Å². The normalized spacial score (nSPS) is 13.8. The molecule has 8 heteroatoms. The lowest BCUT2D eigenvalue weighted by Gasteiger charge is -2.28. The van der Waals surface area contributed by atoms with E-state index in [4.69, 9.17) is 4.74 Å². The zero-order chi connectivity index (χ0) is 24.2. The second-order valence-electron chi connectivity index (χ2n) is 8.73. The van der Waals surface area contributed by atoms with E-state index in [1.807, 2.05) is 48.7 Å². The Morgan fingerprint density at radius 3 is 2.57 bits per heavy atom. The van der Waals surface area contributed by atoms with Gasteiger partial charge in [-0.05, 0) is 30.2 Å². The number of fused-ring (bicyclic) bond motifs is 1. The second-order valence-corrected chi connectivity index (χ2v) is 9.59. The first-order chi connectivity index (χ1) is 17.1. The maximum absolute atomic E-state index is 13.2. The van der Waals surface area contributed by atoms with Crippen molar-refractivity contribution in [3.63, 3.8) is 0 Å². The largest absolute Gasteiger partial charge is 0.378 e. The summed E-state index contributed by atoms with van der Waals surface area (Å²) in [6.45, 7) is 6.08. The van der Waals surface area contributed by atoms with Gasteiger partial charge >= 0.3 is 0 Å². The number of carbonyl (C=O) groups excluding carboxylic acids is 1. The topological polar surface area (TPSA) is 76.5 Å². The minimum atomic E-state index is -0.113. The fraction of sp³-hybridized carbons (Fsp3) is 0.296. The van der Waals surface area contributed by atoms with Gasteiger partial charge in [-0.3, -0.25) is 14.2 Å². The number of benzene rings is 2. The number of morpholine rings is 1. The van der Waals surface area contributed by atoms with Gasteiger partial charge in [-0.25, -0.2) is 4.98 Å². The van der Waals surface area contributed by atoms with Crippen LogP contribution in [0.1, 0.15) is 17.5 Å². The van der Waals surface area contributed by atoms with Crippen LogP contribution in [-0.4, -0.2) is 41.8 Å². The van der Waals surface area contributed by atoms with Gasteiger partial charge in [-0.1, -0.05) is 42.0 Å². The van der Waals surface area contributed by atoms with Crippen molar-refractivity contribution < 1.29 is 9.53 Å². The van der Waals surface area contributed by atoms with Gasteiger partial charge in [-0.2, -0.15) is 0 Å². The molecular formula is C27H28N4O3S. The lowest BCUT2D eigenvalue weighted by Crippen LogP contribution is -2.36. The van der Waals surface area contributed by atoms with Crippen LogP contribution in [0.5, 0.6) is 0 Å². The SMILES string of the molecule is Cc1ccc(-c2csc3ncn(CCC(=O)NCc4ccc(N5CCOCC5)cc4)c(=O)c23)cc1. The third-order valence-electron chi connectivity index (χ3n) is 6.31. The molecule has 0 atom stereocenters. The van der Waals surface area contributed by atoms with Crippen molar-refractivity contribution in [3.05, 3.63) is 81.7 Å². The van der Waals surface area contributed by atoms with Crippen molar-refractivity contribution in [3.8, 4) is 11.1 Å². The molecule has 0 bridgehead atoms. The number of nitrogens with one attached hydrogen (secondary N) is 1. The molecule has 1 amide bonds. The molecule has 0 radical (unpaired) electrons. The van der Waals surface area contributed by atoms with Crippen LogP contribution in [-0.2, 0) is 22.6 Å². The molecule has 1 saturated heterocycles. The van der Waals surface area contributed by atoms with Crippen LogP contribution in [0.2, 0.25) is 0 Å². The molecule has 1 N–H and O–H groups in total. The van der Waals surface area contributed by atoms with E-state index in [0.29, 0.717) is 16.8 Å². The maximum atomic E-state index is 13.2. The third kappa shape index (κ3) is 5.28. The van der Waals surface area contributed by atoms with Crippen molar-refractivity contribution in [2.75, 3.05) is 31.2 Å². The van der Waals surface area contributed by atoms with Gasteiger partial charge in [0.1, 0.15) is 4.83 Å². The predicted molar refractivity (Wildman–Crippen MR) is 140 cm³/mol. The first-order valence-electron chi connectivity index (χ1n) is 11.8. The van der Waals surface area contributed by atoms with Gasteiger partial charge < -0.3 is 15.0 Å². The number of nitrogens with zero attached hydrogens (tertiary/aromatic N) is 3. The number of rotatable bonds is 7. The van der Waals surface area contributed by atoms with Crippen LogP contribution in [0.25, 0.3) is 21.3 Å². The summed E-state index contributed by atoms with van der Waals surface area (Å²) in [7, 11) is 0. The van der Waals surface area contributed by atoms with Crippen LogP contribution in [0.15, 0.2) is 65.0 Å². The van der Waals surface area contributed by atoms with E-state index in [2.05, 4.69) is 27.3 Å². The Kier molecular flexibility index (Phi) is 6.92. The van der Waals surface area contributed by atoms with E-state index in [9.17, 15) is 9.59 Å². The molecule has 0 spiro atoms. The quantitative estimate of drug-likeness (QED) is 0.426. The summed E-state index contributed by atoms with van der Waals surface area (Å²) in [5.74, 6) is -0.0988. The number of ether oxygens (including phenoxy) is 1. The fourth-order valence-electron chi connectivity index (χ4n) is 4.23. The summed E-state index contributed by atoms with van der Waals surface area (Å²) in [5, 5.41) is 5.55. The lowest BCUT2D eigenvalue weighted by molar-refractivity contribution is -0.121. The Hall–Kier alpha value is -3.49. The van der Waals surface area contributed by atoms with E-state index in [-0.39, 0.29) is 24.4 Å². The Morgan fingerprint density at radius 2 is 1.83 bits per heavy atom. The summed E-state index contributed by atoms with van der Waals surface area (Å²) >= 11 is 1.46. The molecule has 5 rings (SSSR count). The number of carbonyl (C=O) groups is 1. The second kappa shape index (κ2) is 10.4. The van der Waals surface area contributed by atoms with Gasteiger partial charge in [0.2, 0.25) is 5.91 Å². The number of hydrogen-bond acceptors (Lipinski definition) is 6. The first-order valence-corrected chi connectivity index (χ1v) is 12.7. The molecule has 4 aromatic rings. The average molecular weight is 489 g/mol. The molecule has 7 nitrogen and oxygen atoms in total. The number of aromatic nitrogens is 2. The van der Waals surface area contributed by atoms with Crippen molar-refractivity contribution in [2.24, 2.45) is 0 Å². The zero-order valence-corrected chi connectivity index (χ0v) is 20.5. The minimum Gasteiger partial charge on any atom is -0.378 e. The molecule has 0 unspecified atom stereocenters. The minimum absolute atomic E-state index is 0.0988. The van der Waals surface area contributed by atoms with Crippen molar-refractivity contribution in [2.45, 2.75) is 26.4 Å². The van der Waals surface area contributed by atoms with Crippen molar-refractivity contribution in [1.29, 1.82) is 0 Å². The smallest absolute Gasteiger partial charge is 0.262 e. The summed E-state index contributed by atoms with van der Waals surface area (Å²) < 4.78 is 6.94. The number of hydrogen-bond donors (Lipinski definition) is 1. The van der Waals surface area contributed by atoms with E-state index >= 15 is 0 Å². The molecule has 2 aromatic heterocycles. The van der Waals surface area contributed by atoms with Gasteiger partial charge in [0.15, 0.2) is 0 Å². The summed E-state index contributed by atoms with van der Waals surface area (Å²) in [4.78, 5) is 33.1. The molecule has 3 heterocycles. The molecule has 0 saturated carbocycles. The van der Waals surface area contributed by atoms with E-state index in [1.165, 1.54) is 33.5 Å². The third-order valence-corrected chi connectivity index (χ3v) is 7.19. The van der Waals surface area contributed by atoms with Crippen LogP contribution < -0.4 is 15.8 Å². The highest BCUT2D eigenvalue weighted by Crippen LogP contribution is 2.30. The van der Waals surface area contributed by atoms with Gasteiger partial charge in [0.05, 0.1) is 24.9 Å². The van der Waals surface area contributed by atoms with Crippen molar-refractivity contribution in [1.82, 2.24) is 14.9 Å². The highest BCUT2D eigenvalue weighted by atomic mass is 32.1. The molecule has 2 aromatic carbocycles. The van der Waals surface area contributed by atoms with E-state index in [1.54, 1.807) is 0 Å². The van der Waals surface area contributed by atoms with Crippen LogP contribution in [0.4, 0.5) is 5.69 Å². The molecule has 1 aliphatic rings. The Balaban J connectivity index is 1.20. The number of aryl methyl sites for hydroxylation is 2. The summed E-state index contributed by atoms with van der Waals surface area (Å²) in [6.07, 6.45) is 1.75. The first kappa shape index (κ1) is 23.3. The average Bonchev–Trinajstić information content (AvgIpc) is 3.33. The molecule has 1 fully saturated rings. The number of amides is 1. The Labute approximate surface area is 208 Å². The Bertz CT molecular complexity index is 1370. The zero-order valence-electron chi connectivity index (χ0n) is 19.7. The molecule has 0 aliphatic carbocycles. The number of thiophene rings is 1. The van der Waals surface area contributed by atoms with Crippen LogP contribution in [0.3, 0.4) is 0 Å². The van der Waals surface area contributed by atoms with Gasteiger partial charge in [-0.15, -0.1) is 11.3 Å². The fourth-order valence-corrected chi connectivity index (χ4v) is 5.14. The summed E-state index contributed by atoms with van der Waals surface area (Å²) in [5.41, 5.74) is 5.15. The molecule has 1 aliphatic heterocycles. The Morgan fingerprint density at radius 1 is 1.09 bits per heavy atom. The predicted octanol–water partition coefficient (Wildman–Crippen LogP) is 3.98. The van der Waals surface area contributed by atoms with Crippen LogP contribution >= 0.6 is 11.3 Å². The highest BCUT2D eigenvalue weighted by molar-refractivity contribution is 7.17. The van der Waals surface area contributed by atoms with Gasteiger partial charge in [0, 0.05) is 49.2 Å². The lowest BCUT2D eigenvalue weighted by atomic mass is 10.1. The maximum Gasteiger partial charge on any atom is 0.262 e. The van der Waals surface area contributed by atoms with E-state index in [0.717, 1.165) is 43.0 Å².